The summed E-state index contributed by atoms with van der Waals surface area (Å²) in [7, 11) is -4.06. The molecule has 164 valence electrons. The molecule has 0 amide bonds. The van der Waals surface area contributed by atoms with Crippen molar-refractivity contribution in [3.8, 4) is 22.5 Å². The average molecular weight is 442 g/mol. The number of benzene rings is 1. The topological polar surface area (TPSA) is 154 Å². The number of tetrazole rings is 1. The van der Waals surface area contributed by atoms with E-state index in [1.807, 2.05) is 12.1 Å². The highest BCUT2D eigenvalue weighted by Crippen LogP contribution is 2.39. The lowest BCUT2D eigenvalue weighted by Gasteiger charge is -2.28. The first-order valence-electron chi connectivity index (χ1n) is 10.5. The van der Waals surface area contributed by atoms with Gasteiger partial charge in [0.15, 0.2) is 5.82 Å². The Hall–Kier alpha value is -2.85. The van der Waals surface area contributed by atoms with E-state index < -0.39 is 10.0 Å². The van der Waals surface area contributed by atoms with Crippen molar-refractivity contribution < 1.29 is 8.42 Å². The Bertz CT molecular complexity index is 1140. The zero-order valence-electron chi connectivity index (χ0n) is 17.5. The molecule has 1 aromatic carbocycles. The zero-order chi connectivity index (χ0) is 22.0. The molecule has 2 aromatic heterocycles. The van der Waals surface area contributed by atoms with Crippen LogP contribution in [-0.4, -0.2) is 34.0 Å². The maximum Gasteiger partial charge on any atom is 0.239 e. The Morgan fingerprint density at radius 1 is 1.10 bits per heavy atom. The molecule has 0 bridgehead atoms. The van der Waals surface area contributed by atoms with E-state index in [1.165, 1.54) is 19.3 Å². The highest BCUT2D eigenvalue weighted by Gasteiger charge is 2.28. The van der Waals surface area contributed by atoms with Crippen molar-refractivity contribution in [3.05, 3.63) is 36.0 Å². The van der Waals surface area contributed by atoms with Crippen LogP contribution in [0.25, 0.3) is 22.5 Å². The molecule has 3 aromatic rings. The number of nitrogens with one attached hydrogen (secondary N) is 1. The lowest BCUT2D eigenvalue weighted by atomic mass is 9.78. The lowest BCUT2D eigenvalue weighted by Crippen LogP contribution is -2.20. The van der Waals surface area contributed by atoms with Gasteiger partial charge >= 0.3 is 0 Å². The number of aromatic nitrogens is 5. The van der Waals surface area contributed by atoms with Crippen LogP contribution in [0.2, 0.25) is 0 Å². The fourth-order valence-electron chi connectivity index (χ4n) is 4.57. The molecule has 0 spiro atoms. The number of nitrogens with two attached hydrogens (primary N) is 2. The summed E-state index contributed by atoms with van der Waals surface area (Å²) in [6, 6.07) is 7.18. The van der Waals surface area contributed by atoms with Crippen molar-refractivity contribution >= 4 is 15.8 Å². The van der Waals surface area contributed by atoms with Crippen LogP contribution in [0.4, 0.5) is 5.82 Å². The molecule has 5 N–H and O–H groups in total. The summed E-state index contributed by atoms with van der Waals surface area (Å²) in [5, 5.41) is 19.7. The maximum absolute atomic E-state index is 12.8. The van der Waals surface area contributed by atoms with Gasteiger partial charge in [-0.3, -0.25) is 0 Å². The van der Waals surface area contributed by atoms with Gasteiger partial charge in [-0.05, 0) is 64.8 Å². The van der Waals surface area contributed by atoms with Gasteiger partial charge in [0.1, 0.15) is 5.82 Å². The number of aromatic amines is 1. The van der Waals surface area contributed by atoms with Crippen molar-refractivity contribution in [1.82, 2.24) is 25.6 Å². The third-order valence-corrected chi connectivity index (χ3v) is 7.29. The van der Waals surface area contributed by atoms with Gasteiger partial charge in [0, 0.05) is 17.3 Å². The third-order valence-electron chi connectivity index (χ3n) is 6.26. The van der Waals surface area contributed by atoms with Gasteiger partial charge in [0.25, 0.3) is 0 Å². The van der Waals surface area contributed by atoms with Crippen LogP contribution in [0.5, 0.6) is 0 Å². The second-order valence-corrected chi connectivity index (χ2v) is 9.74. The molecule has 0 atom stereocenters. The monoisotopic (exact) mass is 441 g/mol. The van der Waals surface area contributed by atoms with E-state index in [9.17, 15) is 8.42 Å². The van der Waals surface area contributed by atoms with Crippen molar-refractivity contribution in [1.29, 1.82) is 0 Å². The van der Waals surface area contributed by atoms with E-state index in [0.29, 0.717) is 40.4 Å². The molecular formula is C21H27N7O2S. The fourth-order valence-corrected chi connectivity index (χ4v) is 5.58. The van der Waals surface area contributed by atoms with Gasteiger partial charge in [-0.15, -0.1) is 5.10 Å². The van der Waals surface area contributed by atoms with Gasteiger partial charge < -0.3 is 5.73 Å². The second kappa shape index (κ2) is 8.72. The van der Waals surface area contributed by atoms with Gasteiger partial charge in [-0.2, -0.15) is 0 Å². The standard InChI is InChI=1S/C21H27N7O2S/c1-2-13-3-5-14(6-4-13)11-15-7-9-17(16-8-10-18(22)24-12-16)19(20(15)31(23,29)30)21-25-27-28-26-21/h7-10,12-14H,2-6,11H2,1H3,(H2,22,24)(H2,23,29,30)(H,25,26,27,28)/t13-,14+. The zero-order valence-corrected chi connectivity index (χ0v) is 18.3. The molecule has 2 heterocycles. The van der Waals surface area contributed by atoms with Gasteiger partial charge in [0.05, 0.1) is 4.90 Å². The third kappa shape index (κ3) is 4.59. The molecule has 4 rings (SSSR count). The van der Waals surface area contributed by atoms with Crippen LogP contribution in [-0.2, 0) is 16.4 Å². The Balaban J connectivity index is 1.84. The summed E-state index contributed by atoms with van der Waals surface area (Å²) in [5.74, 6) is 1.81. The second-order valence-electron chi connectivity index (χ2n) is 8.24. The number of hydrogen-bond donors (Lipinski definition) is 3. The van der Waals surface area contributed by atoms with Crippen LogP contribution < -0.4 is 10.9 Å². The Labute approximate surface area is 181 Å². The van der Waals surface area contributed by atoms with Crippen molar-refractivity contribution in [3.63, 3.8) is 0 Å². The SMILES string of the molecule is CC[C@H]1CC[C@@H](Cc2ccc(-c3ccc(N)nc3)c(-c3nnn[nH]3)c2S(N)(=O)=O)CC1. The number of primary sulfonamides is 1. The largest absolute Gasteiger partial charge is 0.384 e. The smallest absolute Gasteiger partial charge is 0.239 e. The van der Waals surface area contributed by atoms with Gasteiger partial charge in [0.2, 0.25) is 10.0 Å². The molecule has 9 nitrogen and oxygen atoms in total. The minimum atomic E-state index is -4.06. The first-order valence-corrected chi connectivity index (χ1v) is 12.1. The predicted octanol–water partition coefficient (Wildman–Crippen LogP) is 2.92. The minimum Gasteiger partial charge on any atom is -0.384 e. The van der Waals surface area contributed by atoms with Crippen LogP contribution in [0.15, 0.2) is 35.4 Å². The summed E-state index contributed by atoms with van der Waals surface area (Å²) in [5.41, 5.74) is 8.09. The van der Waals surface area contributed by atoms with E-state index in [0.717, 1.165) is 18.8 Å². The maximum atomic E-state index is 12.8. The normalized spacial score (nSPS) is 19.4. The lowest BCUT2D eigenvalue weighted by molar-refractivity contribution is 0.267. The molecule has 0 unspecified atom stereocenters. The number of rotatable bonds is 6. The highest BCUT2D eigenvalue weighted by molar-refractivity contribution is 7.89. The van der Waals surface area contributed by atoms with E-state index in [2.05, 4.69) is 32.5 Å². The van der Waals surface area contributed by atoms with E-state index in [1.54, 1.807) is 18.3 Å². The highest BCUT2D eigenvalue weighted by atomic mass is 32.2. The molecule has 0 saturated heterocycles. The Kier molecular flexibility index (Phi) is 6.01. The summed E-state index contributed by atoms with van der Waals surface area (Å²) >= 11 is 0. The first kappa shape index (κ1) is 21.4. The predicted molar refractivity (Wildman–Crippen MR) is 118 cm³/mol. The van der Waals surface area contributed by atoms with Crippen molar-refractivity contribution in [2.45, 2.75) is 50.3 Å². The number of sulfonamides is 1. The quantitative estimate of drug-likeness (QED) is 0.531. The fraction of sp³-hybridized carbons (Fsp3) is 0.429. The minimum absolute atomic E-state index is 0.0676. The number of pyridine rings is 1. The van der Waals surface area contributed by atoms with Crippen molar-refractivity contribution in [2.75, 3.05) is 5.73 Å². The summed E-state index contributed by atoms with van der Waals surface area (Å²) < 4.78 is 25.6. The molecule has 10 heteroatoms. The summed E-state index contributed by atoms with van der Waals surface area (Å²) in [6.45, 7) is 2.23. The first-order chi connectivity index (χ1) is 14.9. The van der Waals surface area contributed by atoms with E-state index >= 15 is 0 Å². The number of anilines is 1. The number of H-pyrrole nitrogens is 1. The molecule has 0 radical (unpaired) electrons. The number of nitrogens with zero attached hydrogens (tertiary/aromatic N) is 4. The molecule has 1 aliphatic carbocycles. The molecule has 1 aliphatic rings. The Morgan fingerprint density at radius 3 is 2.42 bits per heavy atom. The molecule has 31 heavy (non-hydrogen) atoms. The Morgan fingerprint density at radius 2 is 1.84 bits per heavy atom. The molecule has 0 aliphatic heterocycles. The summed E-state index contributed by atoms with van der Waals surface area (Å²) in [4.78, 5) is 4.20. The van der Waals surface area contributed by atoms with Crippen LogP contribution in [0.3, 0.4) is 0 Å². The van der Waals surface area contributed by atoms with E-state index in [-0.39, 0.29) is 10.7 Å². The molecule has 1 saturated carbocycles. The van der Waals surface area contributed by atoms with Gasteiger partial charge in [-0.25, -0.2) is 23.6 Å². The number of hydrogen-bond acceptors (Lipinski definition) is 7. The average Bonchev–Trinajstić information content (AvgIpc) is 3.28. The molecule has 1 fully saturated rings. The van der Waals surface area contributed by atoms with Crippen LogP contribution >= 0.6 is 0 Å². The van der Waals surface area contributed by atoms with Crippen LogP contribution in [0, 0.1) is 11.8 Å². The number of nitrogen functional groups attached to an aromatic ring is 1. The summed E-state index contributed by atoms with van der Waals surface area (Å²) in [6.07, 6.45) is 7.98. The van der Waals surface area contributed by atoms with Crippen LogP contribution in [0.1, 0.15) is 44.6 Å². The van der Waals surface area contributed by atoms with Gasteiger partial charge in [-0.1, -0.05) is 38.3 Å². The van der Waals surface area contributed by atoms with E-state index in [4.69, 9.17) is 10.9 Å². The van der Waals surface area contributed by atoms with Crippen molar-refractivity contribution in [2.24, 2.45) is 17.0 Å². The molecular weight excluding hydrogens is 414 g/mol.